The lowest BCUT2D eigenvalue weighted by atomic mass is 10.3. The van der Waals surface area contributed by atoms with Gasteiger partial charge in [-0.3, -0.25) is 0 Å². The van der Waals surface area contributed by atoms with Gasteiger partial charge in [0.05, 0.1) is 13.7 Å². The Kier molecular flexibility index (Phi) is 4.44. The minimum absolute atomic E-state index is 0.138. The number of ether oxygens (including phenoxy) is 3. The number of rotatable bonds is 5. The van der Waals surface area contributed by atoms with Crippen molar-refractivity contribution in [2.75, 3.05) is 26.1 Å². The number of esters is 1. The van der Waals surface area contributed by atoms with Gasteiger partial charge in [0.15, 0.2) is 6.61 Å². The van der Waals surface area contributed by atoms with Crippen LogP contribution in [-0.4, -0.2) is 26.3 Å². The average molecular weight is 225 g/mol. The highest BCUT2D eigenvalue weighted by atomic mass is 16.6. The van der Waals surface area contributed by atoms with Crippen molar-refractivity contribution in [3.63, 3.8) is 0 Å². The van der Waals surface area contributed by atoms with E-state index >= 15 is 0 Å². The molecule has 0 aromatic heterocycles. The van der Waals surface area contributed by atoms with Gasteiger partial charge in [0.1, 0.15) is 11.5 Å². The molecule has 0 aliphatic heterocycles. The van der Waals surface area contributed by atoms with E-state index in [9.17, 15) is 4.79 Å². The molecule has 1 aromatic carbocycles. The highest BCUT2D eigenvalue weighted by Crippen LogP contribution is 2.23. The molecule has 0 aliphatic rings. The second-order valence-corrected chi connectivity index (χ2v) is 3.04. The first-order valence-corrected chi connectivity index (χ1v) is 4.88. The summed E-state index contributed by atoms with van der Waals surface area (Å²) < 4.78 is 14.9. The molecule has 0 aliphatic carbocycles. The van der Waals surface area contributed by atoms with E-state index in [1.807, 2.05) is 0 Å². The Balaban J connectivity index is 2.59. The standard InChI is InChI=1S/C11H15NO4/c1-3-15-11(13)7-16-10-5-8(12)4-9(6-10)14-2/h4-6H,3,7,12H2,1-2H3. The van der Waals surface area contributed by atoms with Crippen molar-refractivity contribution in [3.05, 3.63) is 18.2 Å². The summed E-state index contributed by atoms with van der Waals surface area (Å²) in [7, 11) is 1.53. The van der Waals surface area contributed by atoms with Crippen LogP contribution in [0.3, 0.4) is 0 Å². The van der Waals surface area contributed by atoms with Gasteiger partial charge in [0.25, 0.3) is 0 Å². The van der Waals surface area contributed by atoms with Crippen LogP contribution < -0.4 is 15.2 Å². The van der Waals surface area contributed by atoms with E-state index in [0.717, 1.165) is 0 Å². The number of nitrogens with two attached hydrogens (primary N) is 1. The Bertz CT molecular complexity index is 365. The molecule has 0 atom stereocenters. The van der Waals surface area contributed by atoms with Crippen molar-refractivity contribution in [2.24, 2.45) is 0 Å². The summed E-state index contributed by atoms with van der Waals surface area (Å²) >= 11 is 0. The fourth-order valence-corrected chi connectivity index (χ4v) is 1.14. The van der Waals surface area contributed by atoms with E-state index in [1.165, 1.54) is 7.11 Å². The molecule has 0 unspecified atom stereocenters. The van der Waals surface area contributed by atoms with Crippen molar-refractivity contribution in [1.82, 2.24) is 0 Å². The molecular weight excluding hydrogens is 210 g/mol. The van der Waals surface area contributed by atoms with Crippen LogP contribution in [0.1, 0.15) is 6.92 Å². The fraction of sp³-hybridized carbons (Fsp3) is 0.364. The summed E-state index contributed by atoms with van der Waals surface area (Å²) in [6.45, 7) is 1.93. The number of methoxy groups -OCH3 is 1. The van der Waals surface area contributed by atoms with Gasteiger partial charge in [-0.25, -0.2) is 4.79 Å². The molecule has 0 bridgehead atoms. The van der Waals surface area contributed by atoms with Crippen molar-refractivity contribution < 1.29 is 19.0 Å². The van der Waals surface area contributed by atoms with Crippen molar-refractivity contribution in [2.45, 2.75) is 6.92 Å². The molecule has 16 heavy (non-hydrogen) atoms. The third-order valence-corrected chi connectivity index (χ3v) is 1.80. The van der Waals surface area contributed by atoms with Crippen LogP contribution in [0.5, 0.6) is 11.5 Å². The van der Waals surface area contributed by atoms with Crippen LogP contribution in [0.4, 0.5) is 5.69 Å². The zero-order valence-corrected chi connectivity index (χ0v) is 9.36. The van der Waals surface area contributed by atoms with Gasteiger partial charge >= 0.3 is 5.97 Å². The summed E-state index contributed by atoms with van der Waals surface area (Å²) in [6, 6.07) is 4.93. The zero-order valence-electron chi connectivity index (χ0n) is 9.36. The molecule has 0 amide bonds. The smallest absolute Gasteiger partial charge is 0.344 e. The lowest BCUT2D eigenvalue weighted by Crippen LogP contribution is -2.14. The summed E-state index contributed by atoms with van der Waals surface area (Å²) in [5.41, 5.74) is 6.14. The number of nitrogen functional groups attached to an aromatic ring is 1. The lowest BCUT2D eigenvalue weighted by molar-refractivity contribution is -0.145. The fourth-order valence-electron chi connectivity index (χ4n) is 1.14. The Morgan fingerprint density at radius 3 is 2.62 bits per heavy atom. The third kappa shape index (κ3) is 3.68. The van der Waals surface area contributed by atoms with Crippen LogP contribution in [-0.2, 0) is 9.53 Å². The summed E-state index contributed by atoms with van der Waals surface area (Å²) in [5, 5.41) is 0. The Morgan fingerprint density at radius 2 is 2.00 bits per heavy atom. The summed E-state index contributed by atoms with van der Waals surface area (Å²) in [5.74, 6) is 0.646. The molecule has 5 heteroatoms. The molecular formula is C11H15NO4. The number of hydrogen-bond donors (Lipinski definition) is 1. The number of carbonyl (C=O) groups is 1. The minimum Gasteiger partial charge on any atom is -0.497 e. The van der Waals surface area contributed by atoms with Crippen LogP contribution in [0.2, 0.25) is 0 Å². The molecule has 1 rings (SSSR count). The Hall–Kier alpha value is -1.91. The minimum atomic E-state index is -0.413. The van der Waals surface area contributed by atoms with Crippen LogP contribution in [0, 0.1) is 0 Å². The van der Waals surface area contributed by atoms with Gasteiger partial charge < -0.3 is 19.9 Å². The number of benzene rings is 1. The van der Waals surface area contributed by atoms with Crippen molar-refractivity contribution in [1.29, 1.82) is 0 Å². The van der Waals surface area contributed by atoms with E-state index in [0.29, 0.717) is 23.8 Å². The zero-order chi connectivity index (χ0) is 12.0. The number of hydrogen-bond acceptors (Lipinski definition) is 5. The maximum atomic E-state index is 11.0. The molecule has 0 saturated heterocycles. The third-order valence-electron chi connectivity index (χ3n) is 1.80. The van der Waals surface area contributed by atoms with E-state index in [4.69, 9.17) is 19.9 Å². The molecule has 5 nitrogen and oxygen atoms in total. The highest BCUT2D eigenvalue weighted by molar-refractivity contribution is 5.71. The van der Waals surface area contributed by atoms with Crippen molar-refractivity contribution >= 4 is 11.7 Å². The normalized spacial score (nSPS) is 9.62. The molecule has 88 valence electrons. The van der Waals surface area contributed by atoms with Gasteiger partial charge in [-0.2, -0.15) is 0 Å². The first-order chi connectivity index (χ1) is 7.65. The van der Waals surface area contributed by atoms with Crippen LogP contribution >= 0.6 is 0 Å². The van der Waals surface area contributed by atoms with Crippen LogP contribution in [0.25, 0.3) is 0 Å². The van der Waals surface area contributed by atoms with Gasteiger partial charge in [-0.15, -0.1) is 0 Å². The second-order valence-electron chi connectivity index (χ2n) is 3.04. The molecule has 0 heterocycles. The molecule has 0 radical (unpaired) electrons. The van der Waals surface area contributed by atoms with Gasteiger partial charge in [-0.05, 0) is 6.92 Å². The average Bonchev–Trinajstić information content (AvgIpc) is 2.26. The van der Waals surface area contributed by atoms with E-state index in [1.54, 1.807) is 25.1 Å². The Labute approximate surface area is 94.1 Å². The predicted octanol–water partition coefficient (Wildman–Crippen LogP) is 1.22. The van der Waals surface area contributed by atoms with E-state index in [2.05, 4.69) is 0 Å². The van der Waals surface area contributed by atoms with Crippen molar-refractivity contribution in [3.8, 4) is 11.5 Å². The SMILES string of the molecule is CCOC(=O)COc1cc(N)cc(OC)c1. The number of carbonyl (C=O) groups excluding carboxylic acids is 1. The van der Waals surface area contributed by atoms with Gasteiger partial charge in [-0.1, -0.05) is 0 Å². The van der Waals surface area contributed by atoms with Gasteiger partial charge in [0.2, 0.25) is 0 Å². The Morgan fingerprint density at radius 1 is 1.31 bits per heavy atom. The quantitative estimate of drug-likeness (QED) is 0.602. The lowest BCUT2D eigenvalue weighted by Gasteiger charge is -2.08. The predicted molar refractivity (Wildman–Crippen MR) is 59.5 cm³/mol. The summed E-state index contributed by atoms with van der Waals surface area (Å²) in [6.07, 6.45) is 0. The second kappa shape index (κ2) is 5.85. The highest BCUT2D eigenvalue weighted by Gasteiger charge is 2.05. The number of anilines is 1. The van der Waals surface area contributed by atoms with Crippen LogP contribution in [0.15, 0.2) is 18.2 Å². The van der Waals surface area contributed by atoms with E-state index < -0.39 is 5.97 Å². The topological polar surface area (TPSA) is 70.8 Å². The monoisotopic (exact) mass is 225 g/mol. The first kappa shape index (κ1) is 12.2. The molecule has 0 fully saturated rings. The summed E-state index contributed by atoms with van der Waals surface area (Å²) in [4.78, 5) is 11.0. The van der Waals surface area contributed by atoms with Gasteiger partial charge in [0, 0.05) is 23.9 Å². The maximum Gasteiger partial charge on any atom is 0.344 e. The molecule has 2 N–H and O–H groups in total. The first-order valence-electron chi connectivity index (χ1n) is 4.88. The molecule has 0 spiro atoms. The maximum absolute atomic E-state index is 11.0. The molecule has 0 saturated carbocycles. The molecule has 1 aromatic rings. The van der Waals surface area contributed by atoms with E-state index in [-0.39, 0.29) is 6.61 Å². The largest absolute Gasteiger partial charge is 0.497 e.